The van der Waals surface area contributed by atoms with Crippen LogP contribution in [0.2, 0.25) is 0 Å². The summed E-state index contributed by atoms with van der Waals surface area (Å²) in [6.45, 7) is 1.86. The van der Waals surface area contributed by atoms with Gasteiger partial charge in [0, 0.05) is 28.4 Å². The lowest BCUT2D eigenvalue weighted by Crippen LogP contribution is -2.18. The van der Waals surface area contributed by atoms with Crippen LogP contribution in [0.5, 0.6) is 0 Å². The van der Waals surface area contributed by atoms with Crippen molar-refractivity contribution in [2.24, 2.45) is 0 Å². The van der Waals surface area contributed by atoms with Crippen LogP contribution in [0.25, 0.3) is 22.0 Å². The van der Waals surface area contributed by atoms with E-state index in [9.17, 15) is 14.0 Å². The number of aromatic amines is 1. The van der Waals surface area contributed by atoms with Crippen molar-refractivity contribution in [3.05, 3.63) is 89.4 Å². The third-order valence-electron chi connectivity index (χ3n) is 5.15. The predicted octanol–water partition coefficient (Wildman–Crippen LogP) is 4.58. The maximum absolute atomic E-state index is 13.5. The van der Waals surface area contributed by atoms with E-state index in [1.807, 2.05) is 25.1 Å². The van der Waals surface area contributed by atoms with E-state index >= 15 is 0 Å². The van der Waals surface area contributed by atoms with Crippen molar-refractivity contribution < 1.29 is 19.2 Å². The zero-order valence-corrected chi connectivity index (χ0v) is 16.7. The minimum Gasteiger partial charge on any atom is -0.361 e. The van der Waals surface area contributed by atoms with Crippen molar-refractivity contribution in [2.45, 2.75) is 13.3 Å². The van der Waals surface area contributed by atoms with Gasteiger partial charge in [0.05, 0.1) is 6.42 Å². The number of benzene rings is 3. The summed E-state index contributed by atoms with van der Waals surface area (Å²) in [7, 11) is 0. The summed E-state index contributed by atoms with van der Waals surface area (Å²) < 4.78 is 13.5. The first-order valence-corrected chi connectivity index (χ1v) is 9.65. The highest BCUT2D eigenvalue weighted by molar-refractivity contribution is 5.98. The molecule has 4 N–H and O–H groups in total. The van der Waals surface area contributed by atoms with Crippen molar-refractivity contribution in [3.63, 3.8) is 0 Å². The molecule has 0 saturated heterocycles. The van der Waals surface area contributed by atoms with Crippen molar-refractivity contribution in [2.75, 3.05) is 5.32 Å². The van der Waals surface area contributed by atoms with E-state index in [1.54, 1.807) is 29.9 Å². The molecule has 1 heterocycles. The second-order valence-corrected chi connectivity index (χ2v) is 7.28. The Balaban J connectivity index is 1.54. The number of H-pyrrole nitrogens is 1. The van der Waals surface area contributed by atoms with E-state index in [2.05, 4.69) is 10.3 Å². The van der Waals surface area contributed by atoms with Gasteiger partial charge in [-0.1, -0.05) is 12.1 Å². The summed E-state index contributed by atoms with van der Waals surface area (Å²) in [5, 5.41) is 12.4. The molecule has 0 aliphatic rings. The number of nitrogens with one attached hydrogen (secondary N) is 3. The minimum absolute atomic E-state index is 0.157. The predicted molar refractivity (Wildman–Crippen MR) is 116 cm³/mol. The average molecular weight is 417 g/mol. The highest BCUT2D eigenvalue weighted by Gasteiger charge is 2.12. The van der Waals surface area contributed by atoms with E-state index in [4.69, 9.17) is 5.21 Å². The number of carbonyl (C=O) groups excluding carboxylic acids is 2. The SMILES string of the molecule is Cc1cc(F)ccc1-c1ccc2[nH]cc(CC(=O)Nc3ccc(C(=O)NO)cc3)c2c1. The quantitative estimate of drug-likeness (QED) is 0.283. The molecule has 31 heavy (non-hydrogen) atoms. The number of rotatable bonds is 5. The Labute approximate surface area is 177 Å². The third-order valence-corrected chi connectivity index (χ3v) is 5.15. The molecule has 3 aromatic carbocycles. The number of hydrogen-bond donors (Lipinski definition) is 4. The normalized spacial score (nSPS) is 10.8. The van der Waals surface area contributed by atoms with Crippen LogP contribution in [0.15, 0.2) is 66.9 Å². The van der Waals surface area contributed by atoms with Crippen LogP contribution in [0.1, 0.15) is 21.5 Å². The van der Waals surface area contributed by atoms with Crippen LogP contribution < -0.4 is 10.8 Å². The Morgan fingerprint density at radius 2 is 1.81 bits per heavy atom. The van der Waals surface area contributed by atoms with Crippen molar-refractivity contribution in [1.82, 2.24) is 10.5 Å². The molecule has 156 valence electrons. The Morgan fingerprint density at radius 3 is 2.52 bits per heavy atom. The van der Waals surface area contributed by atoms with Gasteiger partial charge in [-0.15, -0.1) is 0 Å². The zero-order chi connectivity index (χ0) is 22.0. The van der Waals surface area contributed by atoms with Crippen LogP contribution in [0, 0.1) is 12.7 Å². The standard InChI is InChI=1S/C24H20FN3O3/c1-14-10-18(25)5-8-20(14)16-4-9-22-21(11-16)17(13-26-22)12-23(29)27-19-6-2-15(3-7-19)24(30)28-31/h2-11,13,26,31H,12H2,1H3,(H,27,29)(H,28,30). The number of carbonyl (C=O) groups is 2. The molecule has 6 nitrogen and oxygen atoms in total. The molecule has 0 saturated carbocycles. The summed E-state index contributed by atoms with van der Waals surface area (Å²) in [5.74, 6) is -1.10. The third kappa shape index (κ3) is 4.31. The fourth-order valence-corrected chi connectivity index (χ4v) is 3.59. The van der Waals surface area contributed by atoms with Gasteiger partial charge >= 0.3 is 0 Å². The van der Waals surface area contributed by atoms with Gasteiger partial charge in [-0.3, -0.25) is 14.8 Å². The Kier molecular flexibility index (Phi) is 5.51. The largest absolute Gasteiger partial charge is 0.361 e. The van der Waals surface area contributed by atoms with E-state index in [0.29, 0.717) is 5.69 Å². The molecule has 0 aliphatic heterocycles. The number of aryl methyl sites for hydroxylation is 1. The zero-order valence-electron chi connectivity index (χ0n) is 16.7. The lowest BCUT2D eigenvalue weighted by molar-refractivity contribution is -0.115. The van der Waals surface area contributed by atoms with Gasteiger partial charge in [0.25, 0.3) is 5.91 Å². The Morgan fingerprint density at radius 1 is 1.03 bits per heavy atom. The molecule has 0 aliphatic carbocycles. The number of hydroxylamine groups is 1. The van der Waals surface area contributed by atoms with Gasteiger partial charge in [-0.2, -0.15) is 0 Å². The molecule has 0 atom stereocenters. The first-order valence-electron chi connectivity index (χ1n) is 9.65. The molecular weight excluding hydrogens is 397 g/mol. The van der Waals surface area contributed by atoms with Crippen molar-refractivity contribution >= 4 is 28.4 Å². The summed E-state index contributed by atoms with van der Waals surface area (Å²) in [6.07, 6.45) is 1.96. The molecule has 0 radical (unpaired) electrons. The Hall–Kier alpha value is -3.97. The van der Waals surface area contributed by atoms with Crippen LogP contribution >= 0.6 is 0 Å². The summed E-state index contributed by atoms with van der Waals surface area (Å²) >= 11 is 0. The van der Waals surface area contributed by atoms with Gasteiger partial charge in [0.15, 0.2) is 0 Å². The van der Waals surface area contributed by atoms with Gasteiger partial charge < -0.3 is 10.3 Å². The number of amides is 2. The van der Waals surface area contributed by atoms with Gasteiger partial charge in [0.2, 0.25) is 5.91 Å². The summed E-state index contributed by atoms with van der Waals surface area (Å²) in [5.41, 5.74) is 6.86. The lowest BCUT2D eigenvalue weighted by atomic mass is 9.98. The fraction of sp³-hybridized carbons (Fsp3) is 0.0833. The monoisotopic (exact) mass is 417 g/mol. The number of anilines is 1. The molecular formula is C24H20FN3O3. The molecule has 0 bridgehead atoms. The van der Waals surface area contributed by atoms with Crippen LogP contribution in [-0.2, 0) is 11.2 Å². The van der Waals surface area contributed by atoms with E-state index < -0.39 is 5.91 Å². The highest BCUT2D eigenvalue weighted by Crippen LogP contribution is 2.29. The number of hydrogen-bond acceptors (Lipinski definition) is 3. The Bertz CT molecular complexity index is 1280. The van der Waals surface area contributed by atoms with E-state index in [-0.39, 0.29) is 23.7 Å². The number of fused-ring (bicyclic) bond motifs is 1. The fourth-order valence-electron chi connectivity index (χ4n) is 3.59. The van der Waals surface area contributed by atoms with E-state index in [1.165, 1.54) is 24.3 Å². The molecule has 4 aromatic rings. The first-order chi connectivity index (χ1) is 14.9. The topological polar surface area (TPSA) is 94.2 Å². The summed E-state index contributed by atoms with van der Waals surface area (Å²) in [4.78, 5) is 27.1. The molecule has 0 fully saturated rings. The van der Waals surface area contributed by atoms with Gasteiger partial charge in [-0.25, -0.2) is 9.87 Å². The number of aromatic nitrogens is 1. The maximum atomic E-state index is 13.5. The first kappa shape index (κ1) is 20.3. The van der Waals surface area contributed by atoms with Crippen molar-refractivity contribution in [3.8, 4) is 11.1 Å². The highest BCUT2D eigenvalue weighted by atomic mass is 19.1. The molecule has 0 spiro atoms. The molecule has 0 unspecified atom stereocenters. The smallest absolute Gasteiger partial charge is 0.274 e. The van der Waals surface area contributed by atoms with Crippen molar-refractivity contribution in [1.29, 1.82) is 0 Å². The van der Waals surface area contributed by atoms with Crippen LogP contribution in [-0.4, -0.2) is 22.0 Å². The second kappa shape index (κ2) is 8.41. The minimum atomic E-state index is -0.621. The lowest BCUT2D eigenvalue weighted by Gasteiger charge is -2.08. The number of halogens is 1. The van der Waals surface area contributed by atoms with Gasteiger partial charge in [0.1, 0.15) is 5.82 Å². The van der Waals surface area contributed by atoms with Gasteiger partial charge in [-0.05, 0) is 77.7 Å². The average Bonchev–Trinajstić information content (AvgIpc) is 3.15. The maximum Gasteiger partial charge on any atom is 0.274 e. The molecule has 2 amide bonds. The molecule has 1 aromatic heterocycles. The molecule has 4 rings (SSSR count). The molecule has 7 heteroatoms. The van der Waals surface area contributed by atoms with Crippen LogP contribution in [0.4, 0.5) is 10.1 Å². The summed E-state index contributed by atoms with van der Waals surface area (Å²) in [6, 6.07) is 16.8. The van der Waals surface area contributed by atoms with Crippen LogP contribution in [0.3, 0.4) is 0 Å². The van der Waals surface area contributed by atoms with E-state index in [0.717, 1.165) is 33.2 Å². The second-order valence-electron chi connectivity index (χ2n) is 7.28.